The van der Waals surface area contributed by atoms with E-state index in [0.717, 1.165) is 11.1 Å². The average molecular weight is 275 g/mol. The molecule has 7 heteroatoms. The maximum absolute atomic E-state index is 11.7. The molecule has 20 heavy (non-hydrogen) atoms. The number of aromatic nitrogens is 2. The average Bonchev–Trinajstić information content (AvgIpc) is 2.39. The first-order valence-electron chi connectivity index (χ1n) is 5.88. The first kappa shape index (κ1) is 13.9. The highest BCUT2D eigenvalue weighted by molar-refractivity contribution is 6.01. The lowest BCUT2D eigenvalue weighted by atomic mass is 10.2. The van der Waals surface area contributed by atoms with Crippen LogP contribution in [0.5, 0.6) is 0 Å². The standard InChI is InChI=1S/C13H13N3O4/c1-8-5-9-10(3-2-4-11(9)16-15-8)14-12(17)6-20-7-13(18)19/h2-5H,6-7H2,1H3,(H,14,17)(H,18,19). The lowest BCUT2D eigenvalue weighted by molar-refractivity contribution is -0.143. The van der Waals surface area contributed by atoms with Crippen LogP contribution in [0.1, 0.15) is 5.69 Å². The first-order valence-corrected chi connectivity index (χ1v) is 5.88. The number of hydrogen-bond donors (Lipinski definition) is 2. The number of aryl methyl sites for hydroxylation is 1. The number of fused-ring (bicyclic) bond motifs is 1. The number of carboxylic acids is 1. The fourth-order valence-electron chi connectivity index (χ4n) is 1.69. The summed E-state index contributed by atoms with van der Waals surface area (Å²) in [5, 5.41) is 19.8. The second-order valence-electron chi connectivity index (χ2n) is 4.16. The summed E-state index contributed by atoms with van der Waals surface area (Å²) in [4.78, 5) is 21.9. The number of hydrogen-bond acceptors (Lipinski definition) is 5. The van der Waals surface area contributed by atoms with Crippen LogP contribution >= 0.6 is 0 Å². The number of ether oxygens (including phenoxy) is 1. The van der Waals surface area contributed by atoms with Crippen molar-refractivity contribution in [3.8, 4) is 0 Å². The molecule has 1 aromatic carbocycles. The van der Waals surface area contributed by atoms with Gasteiger partial charge < -0.3 is 15.2 Å². The van der Waals surface area contributed by atoms with E-state index in [1.807, 2.05) is 6.07 Å². The molecule has 0 spiro atoms. The molecule has 1 aromatic heterocycles. The Kier molecular flexibility index (Phi) is 4.21. The van der Waals surface area contributed by atoms with Gasteiger partial charge in [-0.05, 0) is 25.1 Å². The number of nitrogens with zero attached hydrogens (tertiary/aromatic N) is 2. The Labute approximate surface area is 114 Å². The number of carboxylic acid groups (broad SMARTS) is 1. The molecule has 0 aliphatic heterocycles. The minimum absolute atomic E-state index is 0.319. The number of nitrogens with one attached hydrogen (secondary N) is 1. The summed E-state index contributed by atoms with van der Waals surface area (Å²) < 4.78 is 4.73. The van der Waals surface area contributed by atoms with Gasteiger partial charge in [0, 0.05) is 5.39 Å². The summed E-state index contributed by atoms with van der Waals surface area (Å²) in [6, 6.07) is 7.09. The summed E-state index contributed by atoms with van der Waals surface area (Å²) in [6.45, 7) is 0.981. The molecule has 2 N–H and O–H groups in total. The molecule has 0 bridgehead atoms. The van der Waals surface area contributed by atoms with Crippen LogP contribution in [0.15, 0.2) is 24.3 Å². The van der Waals surface area contributed by atoms with E-state index >= 15 is 0 Å². The normalized spacial score (nSPS) is 10.4. The predicted molar refractivity (Wildman–Crippen MR) is 71.4 cm³/mol. The number of carbonyl (C=O) groups excluding carboxylic acids is 1. The molecule has 0 atom stereocenters. The fraction of sp³-hybridized carbons (Fsp3) is 0.231. The van der Waals surface area contributed by atoms with Crippen molar-refractivity contribution in [2.24, 2.45) is 0 Å². The van der Waals surface area contributed by atoms with Crippen molar-refractivity contribution in [1.29, 1.82) is 0 Å². The van der Waals surface area contributed by atoms with Gasteiger partial charge in [0.05, 0.1) is 16.9 Å². The molecule has 0 aliphatic rings. The minimum atomic E-state index is -1.12. The molecule has 7 nitrogen and oxygen atoms in total. The van der Waals surface area contributed by atoms with Crippen molar-refractivity contribution >= 4 is 28.5 Å². The van der Waals surface area contributed by atoms with Gasteiger partial charge in [-0.1, -0.05) is 6.07 Å². The van der Waals surface area contributed by atoms with E-state index in [-0.39, 0.29) is 6.61 Å². The van der Waals surface area contributed by atoms with Gasteiger partial charge in [0.15, 0.2) is 0 Å². The van der Waals surface area contributed by atoms with Crippen molar-refractivity contribution < 1.29 is 19.4 Å². The molecular formula is C13H13N3O4. The molecule has 0 fully saturated rings. The number of aliphatic carboxylic acids is 1. The van der Waals surface area contributed by atoms with E-state index < -0.39 is 18.5 Å². The van der Waals surface area contributed by atoms with Gasteiger partial charge in [0.25, 0.3) is 0 Å². The molecule has 104 valence electrons. The maximum atomic E-state index is 11.7. The van der Waals surface area contributed by atoms with Crippen LogP contribution in [0, 0.1) is 6.92 Å². The van der Waals surface area contributed by atoms with E-state index in [1.54, 1.807) is 25.1 Å². The molecular weight excluding hydrogens is 262 g/mol. The zero-order chi connectivity index (χ0) is 14.5. The van der Waals surface area contributed by atoms with Crippen LogP contribution in [0.3, 0.4) is 0 Å². The van der Waals surface area contributed by atoms with Crippen molar-refractivity contribution in [2.75, 3.05) is 18.5 Å². The monoisotopic (exact) mass is 275 g/mol. The van der Waals surface area contributed by atoms with Gasteiger partial charge in [-0.3, -0.25) is 4.79 Å². The molecule has 0 aliphatic carbocycles. The van der Waals surface area contributed by atoms with Gasteiger partial charge in [-0.25, -0.2) is 4.79 Å². The first-order chi connectivity index (χ1) is 9.56. The Bertz CT molecular complexity index is 657. The van der Waals surface area contributed by atoms with Gasteiger partial charge in [-0.15, -0.1) is 0 Å². The van der Waals surface area contributed by atoms with Crippen LogP contribution < -0.4 is 5.32 Å². The summed E-state index contributed by atoms with van der Waals surface area (Å²) in [7, 11) is 0. The van der Waals surface area contributed by atoms with Crippen LogP contribution in [0.2, 0.25) is 0 Å². The third kappa shape index (κ3) is 3.48. The fourth-order valence-corrected chi connectivity index (χ4v) is 1.69. The van der Waals surface area contributed by atoms with Gasteiger partial charge in [0.2, 0.25) is 5.91 Å². The number of benzene rings is 1. The molecule has 0 saturated carbocycles. The summed E-state index contributed by atoms with van der Waals surface area (Å²) in [6.07, 6.45) is 0. The van der Waals surface area contributed by atoms with Crippen molar-refractivity contribution in [3.05, 3.63) is 30.0 Å². The maximum Gasteiger partial charge on any atom is 0.329 e. The molecule has 1 amide bonds. The lowest BCUT2D eigenvalue weighted by Crippen LogP contribution is -2.20. The van der Waals surface area contributed by atoms with Crippen molar-refractivity contribution in [1.82, 2.24) is 10.2 Å². The Morgan fingerprint density at radius 3 is 2.85 bits per heavy atom. The predicted octanol–water partition coefficient (Wildman–Crippen LogP) is 0.978. The minimum Gasteiger partial charge on any atom is -0.480 e. The molecule has 1 heterocycles. The zero-order valence-corrected chi connectivity index (χ0v) is 10.8. The topological polar surface area (TPSA) is 101 Å². The van der Waals surface area contributed by atoms with E-state index in [0.29, 0.717) is 11.2 Å². The second kappa shape index (κ2) is 6.07. The van der Waals surface area contributed by atoms with Crippen molar-refractivity contribution in [2.45, 2.75) is 6.92 Å². The number of rotatable bonds is 5. The Balaban J connectivity index is 2.11. The highest BCUT2D eigenvalue weighted by Gasteiger charge is 2.08. The SMILES string of the molecule is Cc1cc2c(NC(=O)COCC(=O)O)cccc2nn1. The summed E-state index contributed by atoms with van der Waals surface area (Å²) in [5.41, 5.74) is 1.99. The van der Waals surface area contributed by atoms with Crippen LogP contribution in [-0.2, 0) is 14.3 Å². The molecule has 2 rings (SSSR count). The molecule has 2 aromatic rings. The van der Waals surface area contributed by atoms with E-state index in [2.05, 4.69) is 15.5 Å². The van der Waals surface area contributed by atoms with Crippen molar-refractivity contribution in [3.63, 3.8) is 0 Å². The molecule has 0 radical (unpaired) electrons. The number of anilines is 1. The third-order valence-electron chi connectivity index (χ3n) is 2.48. The Hall–Kier alpha value is -2.54. The summed E-state index contributed by atoms with van der Waals surface area (Å²) in [5.74, 6) is -1.54. The van der Waals surface area contributed by atoms with Crippen LogP contribution in [0.4, 0.5) is 5.69 Å². The highest BCUT2D eigenvalue weighted by Crippen LogP contribution is 2.21. The lowest BCUT2D eigenvalue weighted by Gasteiger charge is -2.08. The van der Waals surface area contributed by atoms with E-state index in [1.165, 1.54) is 0 Å². The van der Waals surface area contributed by atoms with E-state index in [4.69, 9.17) is 9.84 Å². The quantitative estimate of drug-likeness (QED) is 0.843. The van der Waals surface area contributed by atoms with Gasteiger partial charge in [-0.2, -0.15) is 10.2 Å². The second-order valence-corrected chi connectivity index (χ2v) is 4.16. The third-order valence-corrected chi connectivity index (χ3v) is 2.48. The Morgan fingerprint density at radius 2 is 2.10 bits per heavy atom. The Morgan fingerprint density at radius 1 is 1.30 bits per heavy atom. The zero-order valence-electron chi connectivity index (χ0n) is 10.8. The van der Waals surface area contributed by atoms with E-state index in [9.17, 15) is 9.59 Å². The highest BCUT2D eigenvalue weighted by atomic mass is 16.5. The van der Waals surface area contributed by atoms with Gasteiger partial charge >= 0.3 is 5.97 Å². The van der Waals surface area contributed by atoms with Crippen LogP contribution in [0.25, 0.3) is 10.9 Å². The number of amides is 1. The molecule has 0 unspecified atom stereocenters. The number of carbonyl (C=O) groups is 2. The van der Waals surface area contributed by atoms with Gasteiger partial charge in [0.1, 0.15) is 13.2 Å². The van der Waals surface area contributed by atoms with Crippen LogP contribution in [-0.4, -0.2) is 40.4 Å². The summed E-state index contributed by atoms with van der Waals surface area (Å²) >= 11 is 0. The smallest absolute Gasteiger partial charge is 0.329 e. The molecule has 0 saturated heterocycles. The largest absolute Gasteiger partial charge is 0.480 e.